The van der Waals surface area contributed by atoms with Crippen molar-refractivity contribution in [3.05, 3.63) is 75.4 Å². The highest BCUT2D eigenvalue weighted by Crippen LogP contribution is 2.31. The monoisotopic (exact) mass is 450 g/mol. The summed E-state index contributed by atoms with van der Waals surface area (Å²) in [4.78, 5) is 21.1. The van der Waals surface area contributed by atoms with Crippen LogP contribution < -0.4 is 10.3 Å². The maximum atomic E-state index is 12.8. The van der Waals surface area contributed by atoms with Gasteiger partial charge in [0.2, 0.25) is 0 Å². The zero-order chi connectivity index (χ0) is 22.0. The second-order valence-electron chi connectivity index (χ2n) is 8.54. The summed E-state index contributed by atoms with van der Waals surface area (Å²) in [6.45, 7) is 9.18. The molecule has 0 atom stereocenters. The van der Waals surface area contributed by atoms with E-state index in [2.05, 4.69) is 61.9 Å². The van der Waals surface area contributed by atoms with E-state index in [4.69, 9.17) is 4.74 Å². The number of nitrogens with one attached hydrogen (secondary N) is 1. The highest BCUT2D eigenvalue weighted by Gasteiger charge is 2.14. The number of benzene rings is 2. The molecular weight excluding hydrogens is 424 g/mol. The summed E-state index contributed by atoms with van der Waals surface area (Å²) in [5.74, 6) is 1.55. The minimum atomic E-state index is -0.0944. The zero-order valence-corrected chi connectivity index (χ0v) is 19.8. The van der Waals surface area contributed by atoms with Gasteiger partial charge < -0.3 is 9.72 Å². The van der Waals surface area contributed by atoms with Crippen molar-refractivity contribution in [2.45, 2.75) is 38.3 Å². The van der Waals surface area contributed by atoms with Gasteiger partial charge in [0.15, 0.2) is 5.16 Å². The van der Waals surface area contributed by atoms with Crippen molar-refractivity contribution >= 4 is 33.3 Å². The first-order chi connectivity index (χ1) is 14.8. The van der Waals surface area contributed by atoms with Crippen LogP contribution in [0.4, 0.5) is 0 Å². The number of thiophene rings is 1. The molecule has 4 nitrogen and oxygen atoms in total. The van der Waals surface area contributed by atoms with E-state index in [-0.39, 0.29) is 11.0 Å². The molecule has 0 aliphatic carbocycles. The van der Waals surface area contributed by atoms with Gasteiger partial charge in [-0.25, -0.2) is 4.98 Å². The summed E-state index contributed by atoms with van der Waals surface area (Å²) < 4.78 is 5.85. The summed E-state index contributed by atoms with van der Waals surface area (Å²) in [5.41, 5.74) is 4.49. The molecule has 160 valence electrons. The lowest BCUT2D eigenvalue weighted by molar-refractivity contribution is 0.343. The van der Waals surface area contributed by atoms with E-state index in [1.807, 2.05) is 29.6 Å². The molecule has 0 radical (unpaired) electrons. The van der Waals surface area contributed by atoms with E-state index in [9.17, 15) is 4.79 Å². The molecule has 31 heavy (non-hydrogen) atoms. The molecule has 0 bridgehead atoms. The Kier molecular flexibility index (Phi) is 6.21. The normalized spacial score (nSPS) is 11.7. The first-order valence-electron chi connectivity index (χ1n) is 10.3. The molecule has 0 spiro atoms. The first kappa shape index (κ1) is 21.7. The fourth-order valence-corrected chi connectivity index (χ4v) is 4.98. The van der Waals surface area contributed by atoms with Crippen LogP contribution in [0.3, 0.4) is 0 Å². The average molecular weight is 451 g/mol. The van der Waals surface area contributed by atoms with Crippen LogP contribution >= 0.6 is 23.1 Å². The second kappa shape index (κ2) is 8.89. The fraction of sp³-hybridized carbons (Fsp3) is 0.280. The Morgan fingerprint density at radius 2 is 1.77 bits per heavy atom. The second-order valence-corrected chi connectivity index (χ2v) is 10.5. The summed E-state index contributed by atoms with van der Waals surface area (Å²) in [6, 6.07) is 16.4. The Labute approximate surface area is 190 Å². The minimum absolute atomic E-state index is 0.0944. The summed E-state index contributed by atoms with van der Waals surface area (Å²) in [6.07, 6.45) is 0. The van der Waals surface area contributed by atoms with Gasteiger partial charge in [0.1, 0.15) is 10.6 Å². The van der Waals surface area contributed by atoms with Gasteiger partial charge in [-0.1, -0.05) is 74.5 Å². The lowest BCUT2D eigenvalue weighted by Crippen LogP contribution is -2.11. The molecule has 0 fully saturated rings. The van der Waals surface area contributed by atoms with Crippen molar-refractivity contribution in [2.24, 2.45) is 0 Å². The van der Waals surface area contributed by atoms with Crippen molar-refractivity contribution < 1.29 is 4.74 Å². The predicted octanol–water partition coefficient (Wildman–Crippen LogP) is 6.43. The summed E-state index contributed by atoms with van der Waals surface area (Å²) in [7, 11) is 0. The number of aryl methyl sites for hydroxylation is 1. The Bertz CT molecular complexity index is 1230. The number of rotatable bonds is 6. The van der Waals surface area contributed by atoms with E-state index >= 15 is 0 Å². The molecule has 6 heteroatoms. The first-order valence-corrected chi connectivity index (χ1v) is 12.1. The third kappa shape index (κ3) is 5.02. The highest BCUT2D eigenvalue weighted by atomic mass is 32.2. The SMILES string of the molecule is Cc1ccc(-c2csc3nc(SCCOc4ccc(C(C)(C)C)cc4)[nH]c(=O)c23)cc1. The fourth-order valence-electron chi connectivity index (χ4n) is 3.29. The number of aromatic amines is 1. The molecule has 2 heterocycles. The topological polar surface area (TPSA) is 55.0 Å². The molecule has 0 saturated carbocycles. The van der Waals surface area contributed by atoms with Crippen molar-refractivity contribution in [3.8, 4) is 16.9 Å². The molecular formula is C25H26N2O2S2. The summed E-state index contributed by atoms with van der Waals surface area (Å²) >= 11 is 3.00. The van der Waals surface area contributed by atoms with Crippen molar-refractivity contribution in [1.29, 1.82) is 0 Å². The number of hydrogen-bond donors (Lipinski definition) is 1. The number of thioether (sulfide) groups is 1. The van der Waals surface area contributed by atoms with E-state index in [0.29, 0.717) is 22.9 Å². The third-order valence-electron chi connectivity index (χ3n) is 5.10. The Hall–Kier alpha value is -2.57. The molecule has 4 rings (SSSR count). The van der Waals surface area contributed by atoms with Crippen molar-refractivity contribution in [2.75, 3.05) is 12.4 Å². The number of nitrogens with zero attached hydrogens (tertiary/aromatic N) is 1. The van der Waals surface area contributed by atoms with E-state index in [1.165, 1.54) is 34.2 Å². The van der Waals surface area contributed by atoms with E-state index in [0.717, 1.165) is 21.7 Å². The maximum Gasteiger partial charge on any atom is 0.260 e. The maximum absolute atomic E-state index is 12.8. The largest absolute Gasteiger partial charge is 0.493 e. The van der Waals surface area contributed by atoms with E-state index < -0.39 is 0 Å². The lowest BCUT2D eigenvalue weighted by Gasteiger charge is -2.19. The Balaban J connectivity index is 1.40. The molecule has 0 unspecified atom stereocenters. The molecule has 0 aliphatic heterocycles. The number of fused-ring (bicyclic) bond motifs is 1. The van der Waals surface area contributed by atoms with Gasteiger partial charge in [0.05, 0.1) is 12.0 Å². The number of hydrogen-bond acceptors (Lipinski definition) is 5. The molecule has 2 aromatic heterocycles. The third-order valence-corrected chi connectivity index (χ3v) is 6.81. The van der Waals surface area contributed by atoms with Gasteiger partial charge >= 0.3 is 0 Å². The number of H-pyrrole nitrogens is 1. The molecule has 4 aromatic rings. The molecule has 0 saturated heterocycles. The van der Waals surface area contributed by atoms with Crippen LogP contribution in [0.15, 0.2) is 63.9 Å². The standard InChI is InChI=1S/C25H26N2O2S2/c1-16-5-7-17(8-6-16)20-15-31-23-21(20)22(28)26-24(27-23)30-14-13-29-19-11-9-18(10-12-19)25(2,3)4/h5-12,15H,13-14H2,1-4H3,(H,26,27,28). The van der Waals surface area contributed by atoms with Crippen LogP contribution in [-0.2, 0) is 5.41 Å². The van der Waals surface area contributed by atoms with Crippen LogP contribution in [-0.4, -0.2) is 22.3 Å². The minimum Gasteiger partial charge on any atom is -0.493 e. The van der Waals surface area contributed by atoms with Crippen LogP contribution in [0.5, 0.6) is 5.75 Å². The van der Waals surface area contributed by atoms with E-state index in [1.54, 1.807) is 0 Å². The zero-order valence-electron chi connectivity index (χ0n) is 18.2. The molecule has 0 aliphatic rings. The lowest BCUT2D eigenvalue weighted by atomic mass is 9.87. The molecule has 1 N–H and O–H groups in total. The van der Waals surface area contributed by atoms with Gasteiger partial charge in [-0.2, -0.15) is 0 Å². The van der Waals surface area contributed by atoms with Crippen LogP contribution in [0, 0.1) is 6.92 Å². The van der Waals surface area contributed by atoms with Crippen LogP contribution in [0.25, 0.3) is 21.3 Å². The quantitative estimate of drug-likeness (QED) is 0.209. The van der Waals surface area contributed by atoms with Gasteiger partial charge in [0.25, 0.3) is 5.56 Å². The van der Waals surface area contributed by atoms with Crippen molar-refractivity contribution in [1.82, 2.24) is 9.97 Å². The molecule has 2 aromatic carbocycles. The number of aromatic nitrogens is 2. The van der Waals surface area contributed by atoms with Crippen LogP contribution in [0.1, 0.15) is 31.9 Å². The number of ether oxygens (including phenoxy) is 1. The van der Waals surface area contributed by atoms with Crippen molar-refractivity contribution in [3.63, 3.8) is 0 Å². The highest BCUT2D eigenvalue weighted by molar-refractivity contribution is 7.99. The van der Waals surface area contributed by atoms with Gasteiger partial charge in [0, 0.05) is 16.7 Å². The van der Waals surface area contributed by atoms with Gasteiger partial charge in [-0.05, 0) is 35.6 Å². The summed E-state index contributed by atoms with van der Waals surface area (Å²) in [5, 5.41) is 3.30. The predicted molar refractivity (Wildman–Crippen MR) is 132 cm³/mol. The Morgan fingerprint density at radius 1 is 1.06 bits per heavy atom. The molecule has 0 amide bonds. The smallest absolute Gasteiger partial charge is 0.260 e. The van der Waals surface area contributed by atoms with Crippen LogP contribution in [0.2, 0.25) is 0 Å². The average Bonchev–Trinajstić information content (AvgIpc) is 3.16. The van der Waals surface area contributed by atoms with Gasteiger partial charge in [-0.3, -0.25) is 4.79 Å². The Morgan fingerprint density at radius 3 is 2.45 bits per heavy atom. The van der Waals surface area contributed by atoms with Gasteiger partial charge in [-0.15, -0.1) is 11.3 Å².